The Morgan fingerprint density at radius 1 is 0.929 bits per heavy atom. The molecule has 2 unspecified atom stereocenters. The molecule has 1 heterocycles. The first-order valence-electron chi connectivity index (χ1n) is 5.25. The molecular formula is C10H16ClF2N. The molecule has 1 saturated heterocycles. The highest BCUT2D eigenvalue weighted by Gasteiger charge is 2.90. The Balaban J connectivity index is 0.000000750. The summed E-state index contributed by atoms with van der Waals surface area (Å²) in [7, 11) is 0. The van der Waals surface area contributed by atoms with Gasteiger partial charge in [-0.05, 0) is 25.8 Å². The van der Waals surface area contributed by atoms with E-state index in [9.17, 15) is 8.78 Å². The lowest BCUT2D eigenvalue weighted by Crippen LogP contribution is -2.38. The molecule has 14 heavy (non-hydrogen) atoms. The number of halogens is 3. The van der Waals surface area contributed by atoms with Gasteiger partial charge in [0, 0.05) is 12.0 Å². The van der Waals surface area contributed by atoms with E-state index in [1.54, 1.807) is 0 Å². The molecule has 3 rings (SSSR count). The summed E-state index contributed by atoms with van der Waals surface area (Å²) in [6, 6.07) is 0. The summed E-state index contributed by atoms with van der Waals surface area (Å²) in [5.74, 6) is -2.36. The van der Waals surface area contributed by atoms with Gasteiger partial charge in [0.05, 0.1) is 5.41 Å². The third kappa shape index (κ3) is 0.804. The quantitative estimate of drug-likeness (QED) is 0.666. The molecule has 1 aliphatic heterocycles. The number of rotatable bonds is 0. The van der Waals surface area contributed by atoms with Gasteiger partial charge in [-0.3, -0.25) is 0 Å². The van der Waals surface area contributed by atoms with E-state index in [-0.39, 0.29) is 12.4 Å². The third-order valence-electron chi connectivity index (χ3n) is 4.67. The lowest BCUT2D eigenvalue weighted by Gasteiger charge is -2.32. The molecule has 0 spiro atoms. The molecule has 0 aromatic heterocycles. The zero-order valence-corrected chi connectivity index (χ0v) is 8.93. The maximum atomic E-state index is 13.8. The Kier molecular flexibility index (Phi) is 2.14. The van der Waals surface area contributed by atoms with Crippen LogP contribution in [0, 0.1) is 10.8 Å². The molecule has 4 heteroatoms. The van der Waals surface area contributed by atoms with Gasteiger partial charge in [0.1, 0.15) is 0 Å². The molecule has 2 atom stereocenters. The van der Waals surface area contributed by atoms with Crippen LogP contribution in [0.3, 0.4) is 0 Å². The normalized spacial score (nSPS) is 48.4. The van der Waals surface area contributed by atoms with Gasteiger partial charge in [0.2, 0.25) is 0 Å². The van der Waals surface area contributed by atoms with Crippen LogP contribution in [0.5, 0.6) is 0 Å². The summed E-state index contributed by atoms with van der Waals surface area (Å²) in [6.45, 7) is 1.34. The molecule has 1 nitrogen and oxygen atoms in total. The standard InChI is InChI=1S/C10H15F2N.ClH/c11-10(12)8-3-1-2-4-9(8,10)7-13-6-5-8;/h13H,1-7H2;1H. The molecule has 82 valence electrons. The number of nitrogens with one attached hydrogen (secondary N) is 1. The van der Waals surface area contributed by atoms with E-state index in [0.717, 1.165) is 32.2 Å². The molecule has 0 radical (unpaired) electrons. The van der Waals surface area contributed by atoms with Crippen LogP contribution in [0.2, 0.25) is 0 Å². The van der Waals surface area contributed by atoms with E-state index in [4.69, 9.17) is 0 Å². The van der Waals surface area contributed by atoms with Gasteiger partial charge in [-0.1, -0.05) is 12.8 Å². The van der Waals surface area contributed by atoms with Crippen LogP contribution >= 0.6 is 12.4 Å². The molecule has 2 saturated carbocycles. The van der Waals surface area contributed by atoms with Gasteiger partial charge >= 0.3 is 0 Å². The van der Waals surface area contributed by atoms with Crippen molar-refractivity contribution in [3.8, 4) is 0 Å². The van der Waals surface area contributed by atoms with E-state index < -0.39 is 16.8 Å². The predicted octanol–water partition coefficient (Wildman–Crippen LogP) is 2.60. The van der Waals surface area contributed by atoms with Gasteiger partial charge in [0.25, 0.3) is 5.92 Å². The zero-order chi connectivity index (χ0) is 9.16. The van der Waals surface area contributed by atoms with E-state index in [2.05, 4.69) is 5.32 Å². The molecule has 0 aromatic rings. The van der Waals surface area contributed by atoms with Crippen LogP contribution < -0.4 is 5.32 Å². The smallest absolute Gasteiger partial charge is 0.261 e. The van der Waals surface area contributed by atoms with Gasteiger partial charge in [0.15, 0.2) is 0 Å². The van der Waals surface area contributed by atoms with Crippen molar-refractivity contribution < 1.29 is 8.78 Å². The topological polar surface area (TPSA) is 12.0 Å². The largest absolute Gasteiger partial charge is 0.316 e. The summed E-state index contributed by atoms with van der Waals surface area (Å²) in [4.78, 5) is 0. The highest BCUT2D eigenvalue weighted by Crippen LogP contribution is 2.82. The van der Waals surface area contributed by atoms with Crippen molar-refractivity contribution >= 4 is 12.4 Å². The van der Waals surface area contributed by atoms with Crippen LogP contribution in [0.1, 0.15) is 32.1 Å². The minimum Gasteiger partial charge on any atom is -0.316 e. The Bertz CT molecular complexity index is 219. The molecule has 1 N–H and O–H groups in total. The van der Waals surface area contributed by atoms with Crippen LogP contribution in [-0.4, -0.2) is 19.0 Å². The fourth-order valence-electron chi connectivity index (χ4n) is 3.88. The van der Waals surface area contributed by atoms with E-state index in [1.807, 2.05) is 0 Å². The summed E-state index contributed by atoms with van der Waals surface area (Å²) in [5.41, 5.74) is -1.21. The fourth-order valence-corrected chi connectivity index (χ4v) is 3.88. The maximum Gasteiger partial charge on any atom is 0.261 e. The second-order valence-corrected chi connectivity index (χ2v) is 4.87. The SMILES string of the molecule is Cl.FC1(F)C23CCCCC12CNCC3. The third-order valence-corrected chi connectivity index (χ3v) is 4.67. The maximum absolute atomic E-state index is 13.8. The van der Waals surface area contributed by atoms with Crippen molar-refractivity contribution in [2.45, 2.75) is 38.0 Å². The fraction of sp³-hybridized carbons (Fsp3) is 1.00. The van der Waals surface area contributed by atoms with Crippen molar-refractivity contribution in [2.24, 2.45) is 10.8 Å². The first kappa shape index (κ1) is 10.6. The lowest BCUT2D eigenvalue weighted by molar-refractivity contribution is 0.0464. The Morgan fingerprint density at radius 3 is 2.21 bits per heavy atom. The number of hydrogen-bond acceptors (Lipinski definition) is 1. The number of alkyl halides is 2. The molecule has 3 aliphatic rings. The summed E-state index contributed by atoms with van der Waals surface area (Å²) in [6.07, 6.45) is 4.21. The highest BCUT2D eigenvalue weighted by molar-refractivity contribution is 5.85. The van der Waals surface area contributed by atoms with Gasteiger partial charge in [-0.15, -0.1) is 12.4 Å². The molecule has 0 bridgehead atoms. The van der Waals surface area contributed by atoms with E-state index in [0.29, 0.717) is 13.0 Å². The Labute approximate surface area is 89.0 Å². The number of hydrogen-bond donors (Lipinski definition) is 1. The van der Waals surface area contributed by atoms with Crippen LogP contribution in [0.25, 0.3) is 0 Å². The van der Waals surface area contributed by atoms with Crippen molar-refractivity contribution in [3.63, 3.8) is 0 Å². The van der Waals surface area contributed by atoms with Crippen LogP contribution in [-0.2, 0) is 0 Å². The second-order valence-electron chi connectivity index (χ2n) is 4.87. The summed E-state index contributed by atoms with van der Waals surface area (Å²) < 4.78 is 27.6. The number of piperidine rings is 1. The van der Waals surface area contributed by atoms with Crippen molar-refractivity contribution in [1.29, 1.82) is 0 Å². The molecule has 0 aromatic carbocycles. The minimum atomic E-state index is -2.36. The average Bonchev–Trinajstić information content (AvgIpc) is 2.61. The van der Waals surface area contributed by atoms with Crippen molar-refractivity contribution in [1.82, 2.24) is 5.32 Å². The van der Waals surface area contributed by atoms with E-state index >= 15 is 0 Å². The Hall–Kier alpha value is 0.110. The monoisotopic (exact) mass is 223 g/mol. The van der Waals surface area contributed by atoms with E-state index in [1.165, 1.54) is 0 Å². The van der Waals surface area contributed by atoms with Gasteiger partial charge in [-0.25, -0.2) is 8.78 Å². The van der Waals surface area contributed by atoms with Crippen LogP contribution in [0.15, 0.2) is 0 Å². The first-order valence-corrected chi connectivity index (χ1v) is 5.25. The van der Waals surface area contributed by atoms with Crippen molar-refractivity contribution in [2.75, 3.05) is 13.1 Å². The highest BCUT2D eigenvalue weighted by atomic mass is 35.5. The zero-order valence-electron chi connectivity index (χ0n) is 8.11. The second kappa shape index (κ2) is 2.82. The lowest BCUT2D eigenvalue weighted by atomic mass is 9.76. The van der Waals surface area contributed by atoms with Gasteiger partial charge < -0.3 is 5.32 Å². The Morgan fingerprint density at radius 2 is 1.57 bits per heavy atom. The van der Waals surface area contributed by atoms with Crippen LogP contribution in [0.4, 0.5) is 8.78 Å². The summed E-state index contributed by atoms with van der Waals surface area (Å²) >= 11 is 0. The molecular weight excluding hydrogens is 208 g/mol. The first-order chi connectivity index (χ1) is 6.16. The predicted molar refractivity (Wildman–Crippen MR) is 53.0 cm³/mol. The minimum absolute atomic E-state index is 0. The summed E-state index contributed by atoms with van der Waals surface area (Å²) in [5, 5.41) is 3.14. The molecule has 0 amide bonds. The molecule has 3 fully saturated rings. The molecule has 2 aliphatic carbocycles. The van der Waals surface area contributed by atoms with Gasteiger partial charge in [-0.2, -0.15) is 0 Å². The van der Waals surface area contributed by atoms with Crippen molar-refractivity contribution in [3.05, 3.63) is 0 Å². The average molecular weight is 224 g/mol.